The van der Waals surface area contributed by atoms with Crippen LogP contribution >= 0.6 is 12.6 Å². The van der Waals surface area contributed by atoms with Crippen LogP contribution in [0.15, 0.2) is 0 Å². The smallest absolute Gasteiger partial charge is 0.258 e. The van der Waals surface area contributed by atoms with Crippen LogP contribution in [0.25, 0.3) is 0 Å². The Morgan fingerprint density at radius 3 is 2.43 bits per heavy atom. The van der Waals surface area contributed by atoms with Crippen molar-refractivity contribution in [1.29, 1.82) is 0 Å². The highest BCUT2D eigenvalue weighted by Crippen LogP contribution is 2.40. The average molecular weight is 219 g/mol. The van der Waals surface area contributed by atoms with Crippen LogP contribution in [0.1, 0.15) is 26.7 Å². The lowest BCUT2D eigenvalue weighted by Crippen LogP contribution is -2.50. The fourth-order valence-electron chi connectivity index (χ4n) is 0.985. The van der Waals surface area contributed by atoms with Gasteiger partial charge in [-0.05, 0) is 26.7 Å². The number of hydrogen-bond acceptors (Lipinski definition) is 3. The Hall–Kier alpha value is -0.580. The number of carbonyl (C=O) groups excluding carboxylic acids is 2. The SMILES string of the molecule is CC(C)(S)C(C=O)NC(=O)C1(F)CC1. The van der Waals surface area contributed by atoms with E-state index in [9.17, 15) is 14.0 Å². The Bertz CT molecular complexity index is 258. The van der Waals surface area contributed by atoms with Gasteiger partial charge in [-0.25, -0.2) is 4.39 Å². The van der Waals surface area contributed by atoms with Gasteiger partial charge in [0.1, 0.15) is 6.29 Å². The second kappa shape index (κ2) is 3.53. The monoisotopic (exact) mass is 219 g/mol. The summed E-state index contributed by atoms with van der Waals surface area (Å²) in [5.41, 5.74) is -1.74. The largest absolute Gasteiger partial charge is 0.342 e. The fraction of sp³-hybridized carbons (Fsp3) is 0.778. The summed E-state index contributed by atoms with van der Waals surface area (Å²) in [4.78, 5) is 21.9. The van der Waals surface area contributed by atoms with Crippen molar-refractivity contribution < 1.29 is 14.0 Å². The minimum Gasteiger partial charge on any atom is -0.342 e. The molecule has 1 rings (SSSR count). The van der Waals surface area contributed by atoms with Crippen molar-refractivity contribution in [3.63, 3.8) is 0 Å². The van der Waals surface area contributed by atoms with Crippen LogP contribution in [0, 0.1) is 0 Å². The second-order valence-corrected chi connectivity index (χ2v) is 5.36. The summed E-state index contributed by atoms with van der Waals surface area (Å²) in [5.74, 6) is -0.697. The molecule has 1 atom stereocenters. The molecule has 3 nitrogen and oxygen atoms in total. The molecule has 80 valence electrons. The lowest BCUT2D eigenvalue weighted by atomic mass is 10.0. The van der Waals surface area contributed by atoms with Gasteiger partial charge in [0, 0.05) is 4.75 Å². The highest BCUT2D eigenvalue weighted by atomic mass is 32.1. The number of thiol groups is 1. The lowest BCUT2D eigenvalue weighted by molar-refractivity contribution is -0.130. The van der Waals surface area contributed by atoms with Crippen molar-refractivity contribution in [2.24, 2.45) is 0 Å². The maximum Gasteiger partial charge on any atom is 0.258 e. The van der Waals surface area contributed by atoms with Crippen molar-refractivity contribution in [2.45, 2.75) is 43.1 Å². The lowest BCUT2D eigenvalue weighted by Gasteiger charge is -2.26. The number of amides is 1. The van der Waals surface area contributed by atoms with Gasteiger partial charge in [-0.1, -0.05) is 0 Å². The van der Waals surface area contributed by atoms with Gasteiger partial charge in [-0.3, -0.25) is 4.79 Å². The van der Waals surface area contributed by atoms with E-state index >= 15 is 0 Å². The van der Waals surface area contributed by atoms with E-state index in [1.807, 2.05) is 0 Å². The number of rotatable bonds is 4. The molecular formula is C9H14FNO2S. The van der Waals surface area contributed by atoms with E-state index in [2.05, 4.69) is 17.9 Å². The van der Waals surface area contributed by atoms with Gasteiger partial charge in [0.15, 0.2) is 5.67 Å². The molecule has 0 radical (unpaired) electrons. The van der Waals surface area contributed by atoms with Gasteiger partial charge in [0.2, 0.25) is 0 Å². The van der Waals surface area contributed by atoms with E-state index in [0.29, 0.717) is 6.29 Å². The van der Waals surface area contributed by atoms with Gasteiger partial charge < -0.3 is 10.1 Å². The highest BCUT2D eigenvalue weighted by Gasteiger charge is 2.51. The molecule has 5 heteroatoms. The Labute approximate surface area is 87.8 Å². The van der Waals surface area contributed by atoms with Crippen molar-refractivity contribution in [3.05, 3.63) is 0 Å². The first kappa shape index (κ1) is 11.5. The Morgan fingerprint density at radius 2 is 2.14 bits per heavy atom. The van der Waals surface area contributed by atoms with Gasteiger partial charge >= 0.3 is 0 Å². The number of carbonyl (C=O) groups is 2. The van der Waals surface area contributed by atoms with Crippen LogP contribution in [0.3, 0.4) is 0 Å². The Kier molecular flexibility index (Phi) is 2.90. The van der Waals surface area contributed by atoms with Gasteiger partial charge in [-0.2, -0.15) is 12.6 Å². The third-order valence-corrected chi connectivity index (χ3v) is 2.56. The van der Waals surface area contributed by atoms with Gasteiger partial charge in [0.05, 0.1) is 6.04 Å². The standard InChI is InChI=1S/C9H14FNO2S/c1-8(2,14)6(5-12)11-7(13)9(10)3-4-9/h5-6,14H,3-4H2,1-2H3,(H,11,13). The average Bonchev–Trinajstić information content (AvgIpc) is 2.78. The quantitative estimate of drug-likeness (QED) is 0.544. The van der Waals surface area contributed by atoms with Crippen molar-refractivity contribution in [2.75, 3.05) is 0 Å². The minimum atomic E-state index is -1.74. The molecule has 1 unspecified atom stereocenters. The molecule has 0 aromatic heterocycles. The third kappa shape index (κ3) is 2.47. The van der Waals surface area contributed by atoms with E-state index < -0.39 is 22.4 Å². The predicted molar refractivity (Wildman–Crippen MR) is 54.1 cm³/mol. The molecule has 1 N–H and O–H groups in total. The molecule has 0 aromatic carbocycles. The maximum atomic E-state index is 13.2. The van der Waals surface area contributed by atoms with E-state index in [-0.39, 0.29) is 12.8 Å². The number of nitrogens with one attached hydrogen (secondary N) is 1. The molecular weight excluding hydrogens is 205 g/mol. The zero-order valence-electron chi connectivity index (χ0n) is 8.21. The number of hydrogen-bond donors (Lipinski definition) is 2. The molecule has 0 aliphatic heterocycles. The Morgan fingerprint density at radius 1 is 1.64 bits per heavy atom. The van der Waals surface area contributed by atoms with Crippen LogP contribution in [0.5, 0.6) is 0 Å². The van der Waals surface area contributed by atoms with E-state index in [1.165, 1.54) is 0 Å². The van der Waals surface area contributed by atoms with Crippen LogP contribution in [-0.4, -0.2) is 28.7 Å². The maximum absolute atomic E-state index is 13.2. The molecule has 0 aromatic rings. The van der Waals surface area contributed by atoms with Crippen LogP contribution in [-0.2, 0) is 9.59 Å². The molecule has 1 aliphatic rings. The Balaban J connectivity index is 2.57. The van der Waals surface area contributed by atoms with Crippen molar-refractivity contribution >= 4 is 24.8 Å². The zero-order chi connectivity index (χ0) is 11.0. The molecule has 1 saturated carbocycles. The first-order valence-corrected chi connectivity index (χ1v) is 4.92. The summed E-state index contributed by atoms with van der Waals surface area (Å²) in [6.45, 7) is 3.38. The number of alkyl halides is 1. The van der Waals surface area contributed by atoms with Gasteiger partial charge in [-0.15, -0.1) is 0 Å². The predicted octanol–water partition coefficient (Wildman–Crippen LogP) is 0.881. The molecule has 1 amide bonds. The molecule has 1 aliphatic carbocycles. The second-order valence-electron chi connectivity index (χ2n) is 4.21. The number of halogens is 1. The zero-order valence-corrected chi connectivity index (χ0v) is 9.11. The first-order valence-electron chi connectivity index (χ1n) is 4.47. The number of aldehydes is 1. The fourth-order valence-corrected chi connectivity index (χ4v) is 1.11. The van der Waals surface area contributed by atoms with Crippen LogP contribution in [0.2, 0.25) is 0 Å². The summed E-state index contributed by atoms with van der Waals surface area (Å²) in [6, 6.07) is -0.758. The molecule has 14 heavy (non-hydrogen) atoms. The van der Waals surface area contributed by atoms with Crippen molar-refractivity contribution in [1.82, 2.24) is 5.32 Å². The first-order chi connectivity index (χ1) is 6.29. The summed E-state index contributed by atoms with van der Waals surface area (Å²) in [7, 11) is 0. The van der Waals surface area contributed by atoms with Crippen LogP contribution < -0.4 is 5.32 Å². The highest BCUT2D eigenvalue weighted by molar-refractivity contribution is 7.81. The molecule has 0 saturated heterocycles. The topological polar surface area (TPSA) is 46.2 Å². The molecule has 0 heterocycles. The minimum absolute atomic E-state index is 0.247. The third-order valence-electron chi connectivity index (χ3n) is 2.28. The summed E-state index contributed by atoms with van der Waals surface area (Å²) >= 11 is 4.15. The molecule has 0 bridgehead atoms. The summed E-state index contributed by atoms with van der Waals surface area (Å²) in [5, 5.41) is 2.35. The van der Waals surface area contributed by atoms with E-state index in [1.54, 1.807) is 13.8 Å². The summed E-state index contributed by atoms with van der Waals surface area (Å²) < 4.78 is 12.5. The normalized spacial score (nSPS) is 21.1. The van der Waals surface area contributed by atoms with Crippen molar-refractivity contribution in [3.8, 4) is 0 Å². The van der Waals surface area contributed by atoms with E-state index in [4.69, 9.17) is 0 Å². The van der Waals surface area contributed by atoms with E-state index in [0.717, 1.165) is 0 Å². The molecule has 1 fully saturated rings. The van der Waals surface area contributed by atoms with Gasteiger partial charge in [0.25, 0.3) is 5.91 Å². The van der Waals surface area contributed by atoms with Crippen LogP contribution in [0.4, 0.5) is 4.39 Å². The molecule has 0 spiro atoms. The summed E-state index contributed by atoms with van der Waals surface area (Å²) in [6.07, 6.45) is 1.07.